The molecule has 1 aliphatic rings. The van der Waals surface area contributed by atoms with E-state index >= 15 is 0 Å². The second kappa shape index (κ2) is 5.32. The summed E-state index contributed by atoms with van der Waals surface area (Å²) in [4.78, 5) is 4.29. The second-order valence-corrected chi connectivity index (χ2v) is 5.64. The van der Waals surface area contributed by atoms with E-state index in [4.69, 9.17) is 0 Å². The molecular formula is C11H11ClF2N2OS. The van der Waals surface area contributed by atoms with Crippen LogP contribution in [0.4, 0.5) is 14.5 Å². The summed E-state index contributed by atoms with van der Waals surface area (Å²) in [5.41, 5.74) is -2.92. The molecule has 3 nitrogen and oxygen atoms in total. The van der Waals surface area contributed by atoms with E-state index in [2.05, 4.69) is 33.6 Å². The third kappa shape index (κ3) is 4.03. The number of ether oxygens (including phenoxy) is 1. The summed E-state index contributed by atoms with van der Waals surface area (Å²) >= 11 is 6.31. The Bertz CT molecular complexity index is 447. The van der Waals surface area contributed by atoms with Crippen LogP contribution in [-0.4, -0.2) is 22.5 Å². The molecule has 0 aromatic heterocycles. The quantitative estimate of drug-likeness (QED) is 0.861. The van der Waals surface area contributed by atoms with Crippen molar-refractivity contribution in [1.82, 2.24) is 0 Å². The van der Waals surface area contributed by atoms with Crippen molar-refractivity contribution >= 4 is 34.2 Å². The Morgan fingerprint density at radius 1 is 1.44 bits per heavy atom. The van der Waals surface area contributed by atoms with Gasteiger partial charge in [0.05, 0.1) is 6.54 Å². The molecule has 0 aliphatic carbocycles. The van der Waals surface area contributed by atoms with Gasteiger partial charge in [-0.15, -0.1) is 8.78 Å². The average Bonchev–Trinajstić information content (AvgIpc) is 2.65. The Labute approximate surface area is 113 Å². The number of benzene rings is 1. The molecule has 0 fully saturated rings. The van der Waals surface area contributed by atoms with Gasteiger partial charge >= 0.3 is 5.57 Å². The van der Waals surface area contributed by atoms with Crippen molar-refractivity contribution in [3.05, 3.63) is 24.3 Å². The van der Waals surface area contributed by atoms with Gasteiger partial charge in [-0.3, -0.25) is 4.99 Å². The summed E-state index contributed by atoms with van der Waals surface area (Å²) < 4.78 is 29.0. The zero-order valence-corrected chi connectivity index (χ0v) is 11.1. The van der Waals surface area contributed by atoms with Gasteiger partial charge in [0, 0.05) is 22.5 Å². The van der Waals surface area contributed by atoms with E-state index in [1.165, 1.54) is 12.1 Å². The topological polar surface area (TPSA) is 33.6 Å². The van der Waals surface area contributed by atoms with Crippen LogP contribution in [0.25, 0.3) is 0 Å². The smallest absolute Gasteiger partial charge is 0.420 e. The second-order valence-electron chi connectivity index (χ2n) is 3.77. The highest BCUT2D eigenvalue weighted by Crippen LogP contribution is 2.27. The first-order valence-electron chi connectivity index (χ1n) is 5.26. The Balaban J connectivity index is 1.96. The molecule has 1 aromatic carbocycles. The number of alkyl halides is 3. The molecule has 7 heteroatoms. The monoisotopic (exact) mass is 292 g/mol. The van der Waals surface area contributed by atoms with Crippen molar-refractivity contribution in [2.45, 2.75) is 17.7 Å². The molecule has 0 bridgehead atoms. The predicted molar refractivity (Wildman–Crippen MR) is 70.8 cm³/mol. The lowest BCUT2D eigenvalue weighted by atomic mass is 10.3. The molecule has 0 saturated heterocycles. The van der Waals surface area contributed by atoms with E-state index in [0.29, 0.717) is 5.25 Å². The van der Waals surface area contributed by atoms with Gasteiger partial charge in [-0.2, -0.15) is 0 Å². The molecule has 0 amide bonds. The normalized spacial score (nSPS) is 19.6. The average molecular weight is 293 g/mol. The van der Waals surface area contributed by atoms with Gasteiger partial charge in [0.15, 0.2) is 5.17 Å². The molecule has 1 N–H and O–H groups in total. The van der Waals surface area contributed by atoms with Crippen LogP contribution in [0.15, 0.2) is 29.3 Å². The van der Waals surface area contributed by atoms with Crippen molar-refractivity contribution in [1.29, 1.82) is 0 Å². The number of rotatable bonds is 3. The van der Waals surface area contributed by atoms with Crippen molar-refractivity contribution in [2.24, 2.45) is 4.99 Å². The fraction of sp³-hybridized carbons (Fsp3) is 0.364. The predicted octanol–water partition coefficient (Wildman–Crippen LogP) is 3.76. The van der Waals surface area contributed by atoms with E-state index in [9.17, 15) is 8.78 Å². The number of nitrogens with zero attached hydrogens (tertiary/aromatic N) is 1. The summed E-state index contributed by atoms with van der Waals surface area (Å²) in [6.45, 7) is 2.87. The Morgan fingerprint density at radius 3 is 2.61 bits per heavy atom. The van der Waals surface area contributed by atoms with Gasteiger partial charge in [-0.25, -0.2) is 0 Å². The SMILES string of the molecule is C[C@@H]1CN=C(Nc2ccc(OC(F)(F)Cl)cc2)S1. The molecule has 18 heavy (non-hydrogen) atoms. The van der Waals surface area contributed by atoms with Crippen LogP contribution in [0, 0.1) is 0 Å². The Hall–Kier alpha value is -1.01. The van der Waals surface area contributed by atoms with Gasteiger partial charge in [0.1, 0.15) is 5.75 Å². The summed E-state index contributed by atoms with van der Waals surface area (Å²) in [6, 6.07) is 6.10. The summed E-state index contributed by atoms with van der Waals surface area (Å²) in [5.74, 6) is 0.00920. The number of halogens is 3. The molecule has 0 radical (unpaired) electrons. The number of anilines is 1. The molecule has 2 rings (SSSR count). The largest absolute Gasteiger partial charge is 0.487 e. The van der Waals surface area contributed by atoms with Crippen LogP contribution >= 0.6 is 23.4 Å². The molecule has 0 spiro atoms. The number of nitrogens with one attached hydrogen (secondary N) is 1. The van der Waals surface area contributed by atoms with Gasteiger partial charge in [0.2, 0.25) is 0 Å². The summed E-state index contributed by atoms with van der Waals surface area (Å²) in [5, 5.41) is 4.39. The van der Waals surface area contributed by atoms with E-state index in [1.807, 2.05) is 0 Å². The van der Waals surface area contributed by atoms with Crippen LogP contribution in [-0.2, 0) is 0 Å². The van der Waals surface area contributed by atoms with Crippen LogP contribution in [0.5, 0.6) is 5.75 Å². The molecule has 1 heterocycles. The minimum absolute atomic E-state index is 0.00920. The van der Waals surface area contributed by atoms with Gasteiger partial charge in [-0.1, -0.05) is 18.7 Å². The Kier molecular flexibility index (Phi) is 3.97. The number of amidine groups is 1. The number of hydrogen-bond donors (Lipinski definition) is 1. The van der Waals surface area contributed by atoms with Gasteiger partial charge in [-0.05, 0) is 24.3 Å². The first-order valence-corrected chi connectivity index (χ1v) is 6.52. The lowest BCUT2D eigenvalue weighted by molar-refractivity contribution is -0.0964. The fourth-order valence-corrected chi connectivity index (χ4v) is 2.35. The number of aliphatic imine (C=N–C) groups is 1. The summed E-state index contributed by atoms with van der Waals surface area (Å²) in [7, 11) is 0. The minimum Gasteiger partial charge on any atom is -0.420 e. The molecule has 1 atom stereocenters. The van der Waals surface area contributed by atoms with Gasteiger partial charge in [0.25, 0.3) is 0 Å². The lowest BCUT2D eigenvalue weighted by Crippen LogP contribution is -2.15. The van der Waals surface area contributed by atoms with Crippen LogP contribution in [0.2, 0.25) is 0 Å². The van der Waals surface area contributed by atoms with Gasteiger partial charge < -0.3 is 10.1 Å². The van der Waals surface area contributed by atoms with Crippen LogP contribution < -0.4 is 10.1 Å². The number of thioether (sulfide) groups is 1. The highest BCUT2D eigenvalue weighted by molar-refractivity contribution is 8.15. The Morgan fingerprint density at radius 2 is 2.11 bits per heavy atom. The summed E-state index contributed by atoms with van der Waals surface area (Å²) in [6.07, 6.45) is 0. The van der Waals surface area contributed by atoms with Crippen molar-refractivity contribution in [2.75, 3.05) is 11.9 Å². The molecule has 1 aliphatic heterocycles. The van der Waals surface area contributed by atoms with Crippen LogP contribution in [0.3, 0.4) is 0 Å². The zero-order chi connectivity index (χ0) is 13.2. The first-order chi connectivity index (χ1) is 8.42. The van der Waals surface area contributed by atoms with Crippen molar-refractivity contribution in [3.8, 4) is 5.75 Å². The highest BCUT2D eigenvalue weighted by atomic mass is 35.5. The number of hydrogen-bond acceptors (Lipinski definition) is 4. The third-order valence-electron chi connectivity index (χ3n) is 2.14. The maximum Gasteiger partial charge on any atom is 0.487 e. The van der Waals surface area contributed by atoms with E-state index < -0.39 is 5.57 Å². The van der Waals surface area contributed by atoms with Crippen molar-refractivity contribution < 1.29 is 13.5 Å². The minimum atomic E-state index is -3.68. The molecule has 1 aromatic rings. The maximum atomic E-state index is 12.4. The zero-order valence-electron chi connectivity index (χ0n) is 9.49. The third-order valence-corrected chi connectivity index (χ3v) is 3.23. The first kappa shape index (κ1) is 13.4. The molecular weight excluding hydrogens is 282 g/mol. The van der Waals surface area contributed by atoms with E-state index in [0.717, 1.165) is 17.4 Å². The molecule has 98 valence electrons. The fourth-order valence-electron chi connectivity index (χ4n) is 1.41. The van der Waals surface area contributed by atoms with E-state index in [1.54, 1.807) is 23.9 Å². The maximum absolute atomic E-state index is 12.4. The van der Waals surface area contributed by atoms with Crippen LogP contribution in [0.1, 0.15) is 6.92 Å². The molecule has 0 unspecified atom stereocenters. The standard InChI is InChI=1S/C11H11ClF2N2OS/c1-7-6-15-10(18-7)16-8-2-4-9(5-3-8)17-11(12,13)14/h2-5,7H,6H2,1H3,(H,15,16)/t7-/m1/s1. The van der Waals surface area contributed by atoms with E-state index in [-0.39, 0.29) is 5.75 Å². The lowest BCUT2D eigenvalue weighted by Gasteiger charge is -2.11. The highest BCUT2D eigenvalue weighted by Gasteiger charge is 2.27. The molecule has 0 saturated carbocycles. The van der Waals surface area contributed by atoms with Crippen molar-refractivity contribution in [3.63, 3.8) is 0 Å².